The lowest BCUT2D eigenvalue weighted by Gasteiger charge is -2.11. The molecule has 0 heterocycles. The highest BCUT2D eigenvalue weighted by Crippen LogP contribution is 2.18. The third-order valence-corrected chi connectivity index (χ3v) is 2.31. The number of phenolic OH excluding ortho intramolecular Hbond substituents is 1. The van der Waals surface area contributed by atoms with Gasteiger partial charge >= 0.3 is 5.97 Å². The molecule has 0 saturated heterocycles. The molecule has 5 heteroatoms. The zero-order valence-electron chi connectivity index (χ0n) is 8.69. The van der Waals surface area contributed by atoms with E-state index in [-0.39, 0.29) is 18.6 Å². The monoisotopic (exact) mass is 226 g/mol. The molecule has 0 radical (unpaired) electrons. The van der Waals surface area contributed by atoms with Crippen LogP contribution in [0.4, 0.5) is 4.39 Å². The molecule has 1 aromatic carbocycles. The standard InChI is InChI=1S/C11H14FNO3/c12-4-3-8-5-9(14)2-1-7(8)6-10(13)11(15)16/h1-2,5,10,14H,3-4,6,13H2,(H,15,16)/t10-/m0/s1/i12-1. The molecule has 0 aromatic heterocycles. The van der Waals surface area contributed by atoms with Gasteiger partial charge in [-0.05, 0) is 29.7 Å². The van der Waals surface area contributed by atoms with E-state index in [1.165, 1.54) is 12.1 Å². The van der Waals surface area contributed by atoms with Crippen molar-refractivity contribution in [1.29, 1.82) is 0 Å². The number of carboxylic acids is 1. The average Bonchev–Trinajstić information content (AvgIpc) is 2.22. The van der Waals surface area contributed by atoms with E-state index in [1.54, 1.807) is 6.07 Å². The Kier molecular flexibility index (Phi) is 4.25. The van der Waals surface area contributed by atoms with Gasteiger partial charge in [-0.3, -0.25) is 9.18 Å². The number of aryl methyl sites for hydroxylation is 1. The molecular formula is C11H14FNO3. The number of rotatable bonds is 5. The highest BCUT2D eigenvalue weighted by molar-refractivity contribution is 5.73. The van der Waals surface area contributed by atoms with E-state index in [1.807, 2.05) is 0 Å². The molecule has 0 aliphatic heterocycles. The molecule has 0 unspecified atom stereocenters. The second-order valence-corrected chi connectivity index (χ2v) is 3.54. The number of carbonyl (C=O) groups is 1. The van der Waals surface area contributed by atoms with Crippen molar-refractivity contribution >= 4 is 5.97 Å². The summed E-state index contributed by atoms with van der Waals surface area (Å²) >= 11 is 0. The molecule has 16 heavy (non-hydrogen) atoms. The summed E-state index contributed by atoms with van der Waals surface area (Å²) in [6.45, 7) is -0.557. The summed E-state index contributed by atoms with van der Waals surface area (Å²) in [5.41, 5.74) is 6.65. The highest BCUT2D eigenvalue weighted by atomic mass is 18.2. The summed E-state index contributed by atoms with van der Waals surface area (Å²) in [6, 6.07) is 3.43. The highest BCUT2D eigenvalue weighted by Gasteiger charge is 2.14. The zero-order valence-corrected chi connectivity index (χ0v) is 8.69. The van der Waals surface area contributed by atoms with Gasteiger partial charge in [-0.25, -0.2) is 0 Å². The van der Waals surface area contributed by atoms with E-state index in [4.69, 9.17) is 10.8 Å². The van der Waals surface area contributed by atoms with Crippen molar-refractivity contribution in [3.05, 3.63) is 29.3 Å². The number of phenols is 1. The van der Waals surface area contributed by atoms with Crippen molar-refractivity contribution in [3.63, 3.8) is 0 Å². The smallest absolute Gasteiger partial charge is 0.320 e. The van der Waals surface area contributed by atoms with Crippen LogP contribution in [0.3, 0.4) is 0 Å². The number of benzene rings is 1. The third-order valence-electron chi connectivity index (χ3n) is 2.31. The van der Waals surface area contributed by atoms with Crippen molar-refractivity contribution in [2.45, 2.75) is 18.9 Å². The molecule has 1 atom stereocenters. The first-order chi connectivity index (χ1) is 7.54. The van der Waals surface area contributed by atoms with Crippen LogP contribution in [0.25, 0.3) is 0 Å². The van der Waals surface area contributed by atoms with Crippen LogP contribution in [0.5, 0.6) is 5.75 Å². The molecule has 1 aromatic rings. The lowest BCUT2D eigenvalue weighted by Crippen LogP contribution is -2.32. The first kappa shape index (κ1) is 12.4. The van der Waals surface area contributed by atoms with E-state index in [2.05, 4.69) is 0 Å². The number of hydrogen-bond acceptors (Lipinski definition) is 3. The molecular weight excluding hydrogens is 212 g/mol. The number of aromatic hydroxyl groups is 1. The first-order valence-corrected chi connectivity index (χ1v) is 4.89. The summed E-state index contributed by atoms with van der Waals surface area (Å²) in [6.07, 6.45) is 0.279. The van der Waals surface area contributed by atoms with Crippen LogP contribution in [0.1, 0.15) is 11.1 Å². The zero-order chi connectivity index (χ0) is 12.1. The van der Waals surface area contributed by atoms with Gasteiger partial charge < -0.3 is 15.9 Å². The van der Waals surface area contributed by atoms with Gasteiger partial charge in [0.05, 0.1) is 6.67 Å². The molecule has 88 valence electrons. The average molecular weight is 226 g/mol. The number of hydrogen-bond donors (Lipinski definition) is 3. The van der Waals surface area contributed by atoms with Gasteiger partial charge in [0.1, 0.15) is 11.8 Å². The van der Waals surface area contributed by atoms with Crippen molar-refractivity contribution in [2.75, 3.05) is 6.67 Å². The Morgan fingerprint density at radius 1 is 1.44 bits per heavy atom. The van der Waals surface area contributed by atoms with Gasteiger partial charge in [0.25, 0.3) is 0 Å². The van der Waals surface area contributed by atoms with Crippen LogP contribution < -0.4 is 5.73 Å². The van der Waals surface area contributed by atoms with Crippen LogP contribution in [0.15, 0.2) is 18.2 Å². The summed E-state index contributed by atoms with van der Waals surface area (Å²) in [5.74, 6) is -1.06. The van der Waals surface area contributed by atoms with Gasteiger partial charge in [-0.1, -0.05) is 6.07 Å². The van der Waals surface area contributed by atoms with Crippen molar-refractivity contribution in [2.24, 2.45) is 5.73 Å². The topological polar surface area (TPSA) is 83.5 Å². The molecule has 0 amide bonds. The second kappa shape index (κ2) is 5.46. The minimum absolute atomic E-state index is 0.0381. The molecule has 0 bridgehead atoms. The Balaban J connectivity index is 2.89. The summed E-state index contributed by atoms with van der Waals surface area (Å²) < 4.78 is 12.3. The number of alkyl halides is 1. The number of aliphatic carboxylic acids is 1. The van der Waals surface area contributed by atoms with Gasteiger partial charge in [0, 0.05) is 6.42 Å². The van der Waals surface area contributed by atoms with E-state index in [0.29, 0.717) is 11.1 Å². The normalized spacial score (nSPS) is 12.4. The minimum atomic E-state index is -1.10. The fourth-order valence-electron chi connectivity index (χ4n) is 1.47. The van der Waals surface area contributed by atoms with Gasteiger partial charge in [0.15, 0.2) is 0 Å². The van der Waals surface area contributed by atoms with Gasteiger partial charge in [-0.15, -0.1) is 0 Å². The maximum Gasteiger partial charge on any atom is 0.320 e. The fraction of sp³-hybridized carbons (Fsp3) is 0.364. The Morgan fingerprint density at radius 2 is 2.12 bits per heavy atom. The lowest BCUT2D eigenvalue weighted by atomic mass is 9.98. The molecule has 1 rings (SSSR count). The number of nitrogens with two attached hydrogens (primary N) is 1. The quantitative estimate of drug-likeness (QED) is 0.695. The van der Waals surface area contributed by atoms with E-state index in [0.717, 1.165) is 0 Å². The Morgan fingerprint density at radius 3 is 2.69 bits per heavy atom. The Bertz CT molecular complexity index is 381. The maximum absolute atomic E-state index is 12.3. The molecule has 4 nitrogen and oxygen atoms in total. The summed E-state index contributed by atoms with van der Waals surface area (Å²) in [5, 5.41) is 17.9. The molecule has 0 spiro atoms. The van der Waals surface area contributed by atoms with Crippen LogP contribution >= 0.6 is 0 Å². The SMILES string of the molecule is N[C@@H](Cc1ccc(O)cc1CC[18F])C(=O)O. The molecule has 0 aliphatic rings. The molecule has 0 fully saturated rings. The van der Waals surface area contributed by atoms with Crippen LogP contribution in [0, 0.1) is 0 Å². The number of carboxylic acid groups (broad SMARTS) is 1. The fourth-order valence-corrected chi connectivity index (χ4v) is 1.47. The minimum Gasteiger partial charge on any atom is -0.508 e. The first-order valence-electron chi connectivity index (χ1n) is 4.89. The second-order valence-electron chi connectivity index (χ2n) is 3.54. The largest absolute Gasteiger partial charge is 0.508 e. The van der Waals surface area contributed by atoms with E-state index in [9.17, 15) is 14.3 Å². The van der Waals surface area contributed by atoms with Crippen LogP contribution in [0.2, 0.25) is 0 Å². The Labute approximate surface area is 92.5 Å². The molecule has 0 saturated carbocycles. The lowest BCUT2D eigenvalue weighted by molar-refractivity contribution is -0.138. The van der Waals surface area contributed by atoms with Crippen molar-refractivity contribution < 1.29 is 19.4 Å². The third kappa shape index (κ3) is 3.20. The predicted molar refractivity (Wildman–Crippen MR) is 57.1 cm³/mol. The summed E-state index contributed by atoms with van der Waals surface area (Å²) in [7, 11) is 0. The predicted octanol–water partition coefficient (Wildman–Crippen LogP) is 0.859. The van der Waals surface area contributed by atoms with Crippen LogP contribution in [-0.4, -0.2) is 28.9 Å². The molecule has 0 aliphatic carbocycles. The maximum atomic E-state index is 12.3. The summed E-state index contributed by atoms with van der Waals surface area (Å²) in [4.78, 5) is 10.6. The van der Waals surface area contributed by atoms with Gasteiger partial charge in [0.2, 0.25) is 0 Å². The van der Waals surface area contributed by atoms with Crippen molar-refractivity contribution in [3.8, 4) is 5.75 Å². The van der Waals surface area contributed by atoms with E-state index < -0.39 is 18.7 Å². The Hall–Kier alpha value is -1.62. The van der Waals surface area contributed by atoms with Crippen LogP contribution in [-0.2, 0) is 17.6 Å². The van der Waals surface area contributed by atoms with Crippen molar-refractivity contribution in [1.82, 2.24) is 0 Å². The van der Waals surface area contributed by atoms with E-state index >= 15 is 0 Å². The van der Waals surface area contributed by atoms with Gasteiger partial charge in [-0.2, -0.15) is 0 Å². The number of halogens is 1. The molecule has 4 N–H and O–H groups in total.